The fraction of sp³-hybridized carbons (Fsp3) is 0.278. The summed E-state index contributed by atoms with van der Waals surface area (Å²) < 4.78 is 29.3. The summed E-state index contributed by atoms with van der Waals surface area (Å²) in [4.78, 5) is 30.3. The molecule has 0 bridgehead atoms. The highest BCUT2D eigenvalue weighted by Gasteiger charge is 2.36. The Morgan fingerprint density at radius 1 is 0.750 bits per heavy atom. The molecule has 2 amide bonds. The van der Waals surface area contributed by atoms with E-state index in [1.54, 1.807) is 36.4 Å². The molecular weight excluding hydrogens is 712 g/mol. The number of rotatable bonds is 12. The fourth-order valence-corrected chi connectivity index (χ4v) is 8.05. The maximum Gasteiger partial charge on any atom is 0.264 e. The zero-order valence-corrected chi connectivity index (χ0v) is 29.8. The summed E-state index contributed by atoms with van der Waals surface area (Å²) in [5.74, 6) is -0.950. The molecule has 48 heavy (non-hydrogen) atoms. The highest BCUT2D eigenvalue weighted by molar-refractivity contribution is 7.92. The first-order valence-corrected chi connectivity index (χ1v) is 18.6. The molecule has 0 heterocycles. The molecule has 0 saturated heterocycles. The van der Waals surface area contributed by atoms with Gasteiger partial charge in [0.25, 0.3) is 10.0 Å². The summed E-state index contributed by atoms with van der Waals surface area (Å²) >= 11 is 25.5. The summed E-state index contributed by atoms with van der Waals surface area (Å²) in [6.07, 6.45) is 5.01. The largest absolute Gasteiger partial charge is 0.352 e. The van der Waals surface area contributed by atoms with Gasteiger partial charge >= 0.3 is 0 Å². The van der Waals surface area contributed by atoms with E-state index in [-0.39, 0.29) is 50.6 Å². The Labute approximate surface area is 301 Å². The number of nitrogens with one attached hydrogen (secondary N) is 1. The first kappa shape index (κ1) is 36.0. The molecule has 5 rings (SSSR count). The van der Waals surface area contributed by atoms with Crippen LogP contribution >= 0.6 is 46.4 Å². The number of amides is 2. The Morgan fingerprint density at radius 3 is 2.06 bits per heavy atom. The van der Waals surface area contributed by atoms with Crippen molar-refractivity contribution in [1.29, 1.82) is 0 Å². The molecule has 1 atom stereocenters. The maximum atomic E-state index is 14.7. The third-order valence-electron chi connectivity index (χ3n) is 8.35. The van der Waals surface area contributed by atoms with Crippen LogP contribution < -0.4 is 9.62 Å². The molecule has 1 N–H and O–H groups in total. The second kappa shape index (κ2) is 16.4. The number of halogens is 4. The van der Waals surface area contributed by atoms with Gasteiger partial charge in [0.05, 0.1) is 25.7 Å². The van der Waals surface area contributed by atoms with E-state index in [2.05, 4.69) is 5.32 Å². The Balaban J connectivity index is 1.59. The molecule has 0 radical (unpaired) electrons. The standard InChI is InChI=1S/C36H35Cl4N3O4S/c37-27-17-19-31(39)33(22-27)43(48(46,47)29-14-8-3-9-15-29)24-35(44)42(23-26-16-18-30(38)32(40)20-26)34(21-25-10-4-1-5-11-25)36(45)41-28-12-6-2-7-13-28/h1,3-5,8-11,14-20,22,28,34H,2,6-7,12-13,21,23-24H2,(H,41,45). The van der Waals surface area contributed by atoms with Gasteiger partial charge in [0.2, 0.25) is 11.8 Å². The Kier molecular flexibility index (Phi) is 12.3. The van der Waals surface area contributed by atoms with Crippen molar-refractivity contribution in [3.8, 4) is 0 Å². The van der Waals surface area contributed by atoms with E-state index < -0.39 is 28.5 Å². The van der Waals surface area contributed by atoms with E-state index in [1.165, 1.54) is 35.2 Å². The number of carbonyl (C=O) groups excluding carboxylic acids is 2. The van der Waals surface area contributed by atoms with Gasteiger partial charge in [-0.2, -0.15) is 0 Å². The number of hydrogen-bond donors (Lipinski definition) is 1. The van der Waals surface area contributed by atoms with Gasteiger partial charge in [-0.1, -0.05) is 120 Å². The number of benzene rings is 4. The van der Waals surface area contributed by atoms with Gasteiger partial charge in [0.15, 0.2) is 0 Å². The molecule has 4 aromatic rings. The van der Waals surface area contributed by atoms with Crippen molar-refractivity contribution in [2.45, 2.75) is 62.0 Å². The van der Waals surface area contributed by atoms with E-state index in [9.17, 15) is 18.0 Å². The average molecular weight is 748 g/mol. The topological polar surface area (TPSA) is 86.8 Å². The average Bonchev–Trinajstić information content (AvgIpc) is 3.09. The van der Waals surface area contributed by atoms with Gasteiger partial charge in [0, 0.05) is 24.0 Å². The van der Waals surface area contributed by atoms with Crippen LogP contribution in [0.5, 0.6) is 0 Å². The molecule has 1 fully saturated rings. The van der Waals surface area contributed by atoms with E-state index in [4.69, 9.17) is 46.4 Å². The second-order valence-corrected chi connectivity index (χ2v) is 15.3. The van der Waals surface area contributed by atoms with Crippen LogP contribution in [0, 0.1) is 0 Å². The second-order valence-electron chi connectivity index (χ2n) is 11.7. The quantitative estimate of drug-likeness (QED) is 0.157. The Morgan fingerprint density at radius 2 is 1.40 bits per heavy atom. The van der Waals surface area contributed by atoms with Crippen molar-refractivity contribution >= 4 is 73.9 Å². The lowest BCUT2D eigenvalue weighted by molar-refractivity contribution is -0.140. The Hall–Kier alpha value is -3.27. The van der Waals surface area contributed by atoms with Crippen molar-refractivity contribution in [2.24, 2.45) is 0 Å². The van der Waals surface area contributed by atoms with Crippen LogP contribution in [0.4, 0.5) is 5.69 Å². The molecule has 4 aromatic carbocycles. The highest BCUT2D eigenvalue weighted by atomic mass is 35.5. The van der Waals surface area contributed by atoms with Gasteiger partial charge in [-0.25, -0.2) is 8.42 Å². The SMILES string of the molecule is O=C(NC1CCCCC1)C(Cc1ccccc1)N(Cc1ccc(Cl)c(Cl)c1)C(=O)CN(c1cc(Cl)ccc1Cl)S(=O)(=O)c1ccccc1. The third-order valence-corrected chi connectivity index (χ3v) is 11.4. The van der Waals surface area contributed by atoms with Crippen molar-refractivity contribution in [3.63, 3.8) is 0 Å². The highest BCUT2D eigenvalue weighted by Crippen LogP contribution is 2.34. The summed E-state index contributed by atoms with van der Waals surface area (Å²) in [6.45, 7) is -0.714. The van der Waals surface area contributed by atoms with E-state index in [1.807, 2.05) is 30.3 Å². The normalized spacial score (nSPS) is 14.2. The van der Waals surface area contributed by atoms with Gasteiger partial charge in [-0.3, -0.25) is 13.9 Å². The minimum absolute atomic E-state index is 0.0216. The van der Waals surface area contributed by atoms with Gasteiger partial charge < -0.3 is 10.2 Å². The van der Waals surface area contributed by atoms with Gasteiger partial charge in [-0.15, -0.1) is 0 Å². The minimum Gasteiger partial charge on any atom is -0.352 e. The number of anilines is 1. The zero-order chi connectivity index (χ0) is 34.3. The molecule has 7 nitrogen and oxygen atoms in total. The number of carbonyl (C=O) groups is 2. The van der Waals surface area contributed by atoms with E-state index >= 15 is 0 Å². The van der Waals surface area contributed by atoms with Crippen LogP contribution in [-0.4, -0.2) is 43.8 Å². The lowest BCUT2D eigenvalue weighted by Crippen LogP contribution is -2.55. The van der Waals surface area contributed by atoms with E-state index in [0.717, 1.165) is 42.0 Å². The molecule has 1 saturated carbocycles. The molecule has 0 spiro atoms. The number of hydrogen-bond acceptors (Lipinski definition) is 4. The third kappa shape index (κ3) is 9.04. The summed E-state index contributed by atoms with van der Waals surface area (Å²) in [6, 6.07) is 25.5. The maximum absolute atomic E-state index is 14.7. The smallest absolute Gasteiger partial charge is 0.264 e. The zero-order valence-electron chi connectivity index (χ0n) is 26.0. The van der Waals surface area contributed by atoms with Crippen molar-refractivity contribution in [3.05, 3.63) is 128 Å². The van der Waals surface area contributed by atoms with Gasteiger partial charge in [0.1, 0.15) is 12.6 Å². The van der Waals surface area contributed by atoms with E-state index in [0.29, 0.717) is 10.6 Å². The van der Waals surface area contributed by atoms with Crippen LogP contribution in [0.15, 0.2) is 102 Å². The first-order chi connectivity index (χ1) is 23.0. The van der Waals surface area contributed by atoms with Crippen LogP contribution in [0.25, 0.3) is 0 Å². The van der Waals surface area contributed by atoms with Crippen molar-refractivity contribution < 1.29 is 18.0 Å². The number of nitrogens with zero attached hydrogens (tertiary/aromatic N) is 2. The summed E-state index contributed by atoms with van der Waals surface area (Å²) in [7, 11) is -4.33. The molecule has 0 aromatic heterocycles. The number of sulfonamides is 1. The van der Waals surface area contributed by atoms with Crippen LogP contribution in [0.1, 0.15) is 43.2 Å². The summed E-state index contributed by atoms with van der Waals surface area (Å²) in [5, 5.41) is 4.13. The predicted molar refractivity (Wildman–Crippen MR) is 193 cm³/mol. The molecule has 12 heteroatoms. The molecule has 1 aliphatic carbocycles. The lowest BCUT2D eigenvalue weighted by Gasteiger charge is -2.35. The minimum atomic E-state index is -4.33. The predicted octanol–water partition coefficient (Wildman–Crippen LogP) is 8.58. The molecular formula is C36H35Cl4N3O4S. The Bertz CT molecular complexity index is 1840. The monoisotopic (exact) mass is 745 g/mol. The lowest BCUT2D eigenvalue weighted by atomic mass is 9.94. The van der Waals surface area contributed by atoms with Crippen LogP contribution in [-0.2, 0) is 32.6 Å². The van der Waals surface area contributed by atoms with Crippen LogP contribution in [0.3, 0.4) is 0 Å². The van der Waals surface area contributed by atoms with Crippen molar-refractivity contribution in [2.75, 3.05) is 10.8 Å². The first-order valence-electron chi connectivity index (χ1n) is 15.6. The molecule has 0 aliphatic heterocycles. The summed E-state index contributed by atoms with van der Waals surface area (Å²) in [5.41, 5.74) is 1.47. The van der Waals surface area contributed by atoms with Crippen LogP contribution in [0.2, 0.25) is 20.1 Å². The van der Waals surface area contributed by atoms with Gasteiger partial charge in [-0.05, 0) is 66.4 Å². The van der Waals surface area contributed by atoms with Crippen molar-refractivity contribution in [1.82, 2.24) is 10.2 Å². The fourth-order valence-electron chi connectivity index (χ4n) is 5.84. The molecule has 1 unspecified atom stereocenters. The molecule has 1 aliphatic rings. The molecule has 252 valence electrons.